The van der Waals surface area contributed by atoms with E-state index in [9.17, 15) is 9.59 Å². The summed E-state index contributed by atoms with van der Waals surface area (Å²) in [6.45, 7) is 9.29. The molecule has 0 aromatic heterocycles. The predicted molar refractivity (Wildman–Crippen MR) is 110 cm³/mol. The number of nitrogens with two attached hydrogens (primary N) is 1. The van der Waals surface area contributed by atoms with Gasteiger partial charge in [-0.1, -0.05) is 25.1 Å². The third kappa shape index (κ3) is 6.43. The van der Waals surface area contributed by atoms with Gasteiger partial charge >= 0.3 is 0 Å². The number of halogens is 2. The highest BCUT2D eigenvalue weighted by Gasteiger charge is 2.25. The Morgan fingerprint density at radius 2 is 1.65 bits per heavy atom. The highest BCUT2D eigenvalue weighted by molar-refractivity contribution is 5.93. The van der Waals surface area contributed by atoms with Gasteiger partial charge in [0.1, 0.15) is 0 Å². The van der Waals surface area contributed by atoms with Gasteiger partial charge in [0.2, 0.25) is 11.8 Å². The molecule has 1 unspecified atom stereocenters. The molecule has 2 amide bonds. The maximum absolute atomic E-state index is 12.3. The molecular formula is C18H30Cl2N4O2. The maximum atomic E-state index is 12.3. The molecule has 1 aliphatic heterocycles. The van der Waals surface area contributed by atoms with Crippen LogP contribution in [0.1, 0.15) is 18.1 Å². The van der Waals surface area contributed by atoms with E-state index in [-0.39, 0.29) is 42.5 Å². The van der Waals surface area contributed by atoms with Gasteiger partial charge in [-0.3, -0.25) is 14.5 Å². The summed E-state index contributed by atoms with van der Waals surface area (Å²) < 4.78 is 0. The maximum Gasteiger partial charge on any atom is 0.238 e. The molecule has 8 heteroatoms. The fraction of sp³-hybridized carbons (Fsp3) is 0.556. The SMILES string of the molecule is Cc1cccc(C)c1NC(=O)CN1CCN(C(=O)C(C)CN)CC1.Cl.Cl. The molecule has 26 heavy (non-hydrogen) atoms. The molecule has 1 aliphatic rings. The van der Waals surface area contributed by atoms with E-state index >= 15 is 0 Å². The Labute approximate surface area is 168 Å². The first-order chi connectivity index (χ1) is 11.4. The Morgan fingerprint density at radius 1 is 1.12 bits per heavy atom. The molecule has 0 spiro atoms. The third-order valence-corrected chi connectivity index (χ3v) is 4.57. The van der Waals surface area contributed by atoms with E-state index in [0.717, 1.165) is 16.8 Å². The third-order valence-electron chi connectivity index (χ3n) is 4.57. The first-order valence-electron chi connectivity index (χ1n) is 8.49. The Morgan fingerprint density at radius 3 is 2.15 bits per heavy atom. The number of amides is 2. The normalized spacial score (nSPS) is 15.5. The molecule has 1 atom stereocenters. The molecule has 1 aromatic carbocycles. The minimum atomic E-state index is -0.135. The fourth-order valence-electron chi connectivity index (χ4n) is 2.93. The molecule has 1 fully saturated rings. The van der Waals surface area contributed by atoms with Crippen LogP contribution >= 0.6 is 24.8 Å². The summed E-state index contributed by atoms with van der Waals surface area (Å²) >= 11 is 0. The largest absolute Gasteiger partial charge is 0.340 e. The summed E-state index contributed by atoms with van der Waals surface area (Å²) in [4.78, 5) is 28.4. The second kappa shape index (κ2) is 11.4. The van der Waals surface area contributed by atoms with Crippen LogP contribution in [0.25, 0.3) is 0 Å². The Balaban J connectivity index is 0.00000312. The Bertz CT molecular complexity index is 585. The van der Waals surface area contributed by atoms with E-state index in [1.807, 2.05) is 43.9 Å². The summed E-state index contributed by atoms with van der Waals surface area (Å²) in [5.74, 6) is -0.0384. The topological polar surface area (TPSA) is 78.7 Å². The molecule has 0 radical (unpaired) electrons. The molecule has 148 valence electrons. The van der Waals surface area contributed by atoms with E-state index in [1.54, 1.807) is 0 Å². The minimum Gasteiger partial charge on any atom is -0.340 e. The lowest BCUT2D eigenvalue weighted by Crippen LogP contribution is -2.52. The second-order valence-electron chi connectivity index (χ2n) is 6.55. The van der Waals surface area contributed by atoms with E-state index in [4.69, 9.17) is 5.73 Å². The summed E-state index contributed by atoms with van der Waals surface area (Å²) in [7, 11) is 0. The number of nitrogens with zero attached hydrogens (tertiary/aromatic N) is 2. The van der Waals surface area contributed by atoms with Gasteiger partial charge in [-0.2, -0.15) is 0 Å². The van der Waals surface area contributed by atoms with E-state index in [1.165, 1.54) is 0 Å². The fourth-order valence-corrected chi connectivity index (χ4v) is 2.93. The summed E-state index contributed by atoms with van der Waals surface area (Å²) in [6, 6.07) is 5.97. The van der Waals surface area contributed by atoms with Crippen molar-refractivity contribution in [3.63, 3.8) is 0 Å². The smallest absolute Gasteiger partial charge is 0.238 e. The van der Waals surface area contributed by atoms with Gasteiger partial charge in [-0.05, 0) is 25.0 Å². The monoisotopic (exact) mass is 404 g/mol. The standard InChI is InChI=1S/C18H28N4O2.2ClH/c1-13-5-4-6-14(2)17(13)20-16(23)12-21-7-9-22(10-8-21)18(24)15(3)11-19;;/h4-6,15H,7-12,19H2,1-3H3,(H,20,23);2*1H. The summed E-state index contributed by atoms with van der Waals surface area (Å²) in [5.41, 5.74) is 8.58. The number of hydrogen-bond acceptors (Lipinski definition) is 4. The minimum absolute atomic E-state index is 0. The van der Waals surface area contributed by atoms with Crippen LogP contribution in [0.3, 0.4) is 0 Å². The van der Waals surface area contributed by atoms with Gasteiger partial charge in [-0.25, -0.2) is 0 Å². The first-order valence-corrected chi connectivity index (χ1v) is 8.49. The molecular weight excluding hydrogens is 375 g/mol. The molecule has 1 saturated heterocycles. The van der Waals surface area contributed by atoms with Crippen LogP contribution < -0.4 is 11.1 Å². The molecule has 0 bridgehead atoms. The number of carbonyl (C=O) groups excluding carboxylic acids is 2. The number of benzene rings is 1. The summed E-state index contributed by atoms with van der Waals surface area (Å²) in [6.07, 6.45) is 0. The van der Waals surface area contributed by atoms with Gasteiger partial charge in [0.25, 0.3) is 0 Å². The van der Waals surface area contributed by atoms with Gasteiger partial charge < -0.3 is 16.0 Å². The van der Waals surface area contributed by atoms with Crippen LogP contribution in [0.5, 0.6) is 0 Å². The van der Waals surface area contributed by atoms with Crippen molar-refractivity contribution in [2.24, 2.45) is 11.7 Å². The molecule has 0 saturated carbocycles. The number of anilines is 1. The lowest BCUT2D eigenvalue weighted by atomic mass is 10.1. The zero-order chi connectivity index (χ0) is 17.7. The van der Waals surface area contributed by atoms with Gasteiger partial charge in [0, 0.05) is 44.3 Å². The van der Waals surface area contributed by atoms with Crippen LogP contribution in [0.4, 0.5) is 5.69 Å². The number of aryl methyl sites for hydroxylation is 2. The van der Waals surface area contributed by atoms with Crippen molar-refractivity contribution in [3.05, 3.63) is 29.3 Å². The van der Waals surface area contributed by atoms with Crippen LogP contribution in [-0.4, -0.2) is 60.9 Å². The lowest BCUT2D eigenvalue weighted by Gasteiger charge is -2.35. The number of piperazine rings is 1. The molecule has 0 aliphatic carbocycles. The number of hydrogen-bond donors (Lipinski definition) is 2. The molecule has 2 rings (SSSR count). The first kappa shape index (κ1) is 24.7. The van der Waals surface area contributed by atoms with Crippen LogP contribution in [0.2, 0.25) is 0 Å². The quantitative estimate of drug-likeness (QED) is 0.784. The molecule has 1 aromatic rings. The van der Waals surface area contributed by atoms with E-state index in [0.29, 0.717) is 39.3 Å². The number of carbonyl (C=O) groups is 2. The summed E-state index contributed by atoms with van der Waals surface area (Å²) in [5, 5.41) is 3.01. The van der Waals surface area contributed by atoms with Crippen LogP contribution in [-0.2, 0) is 9.59 Å². The number of rotatable bonds is 5. The van der Waals surface area contributed by atoms with Crippen molar-refractivity contribution >= 4 is 42.3 Å². The van der Waals surface area contributed by atoms with Crippen molar-refractivity contribution in [3.8, 4) is 0 Å². The van der Waals surface area contributed by atoms with E-state index in [2.05, 4.69) is 10.2 Å². The Hall–Kier alpha value is -1.34. The zero-order valence-electron chi connectivity index (χ0n) is 15.7. The molecule has 3 N–H and O–H groups in total. The average Bonchev–Trinajstić information content (AvgIpc) is 2.57. The van der Waals surface area contributed by atoms with Crippen molar-refractivity contribution in [2.75, 3.05) is 44.6 Å². The van der Waals surface area contributed by atoms with Gasteiger partial charge in [0.05, 0.1) is 6.54 Å². The van der Waals surface area contributed by atoms with Crippen molar-refractivity contribution in [2.45, 2.75) is 20.8 Å². The van der Waals surface area contributed by atoms with Crippen molar-refractivity contribution in [1.82, 2.24) is 9.80 Å². The van der Waals surface area contributed by atoms with Crippen LogP contribution in [0.15, 0.2) is 18.2 Å². The van der Waals surface area contributed by atoms with Gasteiger partial charge in [-0.15, -0.1) is 24.8 Å². The average molecular weight is 405 g/mol. The van der Waals surface area contributed by atoms with Crippen molar-refractivity contribution in [1.29, 1.82) is 0 Å². The van der Waals surface area contributed by atoms with Gasteiger partial charge in [0.15, 0.2) is 0 Å². The highest BCUT2D eigenvalue weighted by atomic mass is 35.5. The Kier molecular flexibility index (Phi) is 10.8. The van der Waals surface area contributed by atoms with Crippen LogP contribution in [0, 0.1) is 19.8 Å². The zero-order valence-corrected chi connectivity index (χ0v) is 17.3. The molecule has 1 heterocycles. The number of nitrogens with one attached hydrogen (secondary N) is 1. The molecule has 6 nitrogen and oxygen atoms in total. The number of para-hydroxylation sites is 1. The van der Waals surface area contributed by atoms with Crippen molar-refractivity contribution < 1.29 is 9.59 Å². The highest BCUT2D eigenvalue weighted by Crippen LogP contribution is 2.19. The van der Waals surface area contributed by atoms with E-state index < -0.39 is 0 Å². The lowest BCUT2D eigenvalue weighted by molar-refractivity contribution is -0.136. The second-order valence-corrected chi connectivity index (χ2v) is 6.55. The predicted octanol–water partition coefficient (Wildman–Crippen LogP) is 1.82.